The van der Waals surface area contributed by atoms with Gasteiger partial charge >= 0.3 is 0 Å². The van der Waals surface area contributed by atoms with Gasteiger partial charge in [0.05, 0.1) is 0 Å². The van der Waals surface area contributed by atoms with Gasteiger partial charge in [0, 0.05) is 18.4 Å². The molecule has 0 aromatic rings. The molecule has 0 aliphatic heterocycles. The zero-order chi connectivity index (χ0) is 9.23. The minimum Gasteiger partial charge on any atom is -0.396 e. The number of thioether (sulfide) groups is 1. The summed E-state index contributed by atoms with van der Waals surface area (Å²) in [5.74, 6) is 2.23. The highest BCUT2D eigenvalue weighted by atomic mass is 32.2. The Morgan fingerprint density at radius 1 is 1.50 bits per heavy atom. The van der Waals surface area contributed by atoms with E-state index >= 15 is 0 Å². The molecule has 3 heteroatoms. The third-order valence-electron chi connectivity index (χ3n) is 1.56. The molecule has 0 aromatic heterocycles. The standard InChI is InChI=1S/C9H21NOS/c1-3-5-10-9(2)8-12-7-4-6-11/h9-11H,3-8H2,1-2H3. The van der Waals surface area contributed by atoms with Crippen LogP contribution in [0, 0.1) is 0 Å². The van der Waals surface area contributed by atoms with Crippen molar-refractivity contribution in [3.63, 3.8) is 0 Å². The second-order valence-electron chi connectivity index (χ2n) is 3.01. The van der Waals surface area contributed by atoms with Crippen molar-refractivity contribution in [1.82, 2.24) is 5.32 Å². The number of aliphatic hydroxyl groups excluding tert-OH is 1. The third-order valence-corrected chi connectivity index (χ3v) is 2.87. The number of hydrogen-bond donors (Lipinski definition) is 2. The smallest absolute Gasteiger partial charge is 0.0438 e. The largest absolute Gasteiger partial charge is 0.396 e. The first-order valence-electron chi connectivity index (χ1n) is 4.73. The summed E-state index contributed by atoms with van der Waals surface area (Å²) in [6, 6.07) is 0.605. The lowest BCUT2D eigenvalue weighted by Gasteiger charge is -2.11. The van der Waals surface area contributed by atoms with E-state index in [0.717, 1.165) is 24.5 Å². The number of aliphatic hydroxyl groups is 1. The molecule has 0 radical (unpaired) electrons. The Bertz CT molecular complexity index is 90.6. The van der Waals surface area contributed by atoms with Crippen molar-refractivity contribution in [1.29, 1.82) is 0 Å². The van der Waals surface area contributed by atoms with Crippen molar-refractivity contribution in [2.75, 3.05) is 24.7 Å². The van der Waals surface area contributed by atoms with E-state index in [1.807, 2.05) is 11.8 Å². The first kappa shape index (κ1) is 12.3. The van der Waals surface area contributed by atoms with Crippen LogP contribution in [0.2, 0.25) is 0 Å². The van der Waals surface area contributed by atoms with Crippen LogP contribution in [-0.2, 0) is 0 Å². The molecule has 0 amide bonds. The van der Waals surface area contributed by atoms with Crippen molar-refractivity contribution in [2.24, 2.45) is 0 Å². The van der Waals surface area contributed by atoms with Crippen molar-refractivity contribution < 1.29 is 5.11 Å². The molecule has 1 atom stereocenters. The molecule has 0 bridgehead atoms. The van der Waals surface area contributed by atoms with Gasteiger partial charge in [0.25, 0.3) is 0 Å². The van der Waals surface area contributed by atoms with Crippen LogP contribution in [0.4, 0.5) is 0 Å². The lowest BCUT2D eigenvalue weighted by Crippen LogP contribution is -2.28. The second kappa shape index (κ2) is 9.36. The molecule has 0 aliphatic rings. The van der Waals surface area contributed by atoms with Crippen LogP contribution in [0.25, 0.3) is 0 Å². The Balaban J connectivity index is 3.02. The minimum absolute atomic E-state index is 0.323. The van der Waals surface area contributed by atoms with Crippen molar-refractivity contribution in [2.45, 2.75) is 32.7 Å². The molecule has 0 saturated heterocycles. The summed E-state index contributed by atoms with van der Waals surface area (Å²) in [4.78, 5) is 0. The van der Waals surface area contributed by atoms with Gasteiger partial charge < -0.3 is 10.4 Å². The number of nitrogens with one attached hydrogen (secondary N) is 1. The van der Waals surface area contributed by atoms with E-state index in [2.05, 4.69) is 19.2 Å². The molecule has 0 rings (SSSR count). The number of rotatable bonds is 8. The highest BCUT2D eigenvalue weighted by molar-refractivity contribution is 7.99. The zero-order valence-corrected chi connectivity index (χ0v) is 8.99. The van der Waals surface area contributed by atoms with E-state index in [1.165, 1.54) is 6.42 Å². The van der Waals surface area contributed by atoms with Crippen LogP contribution in [0.1, 0.15) is 26.7 Å². The fourth-order valence-corrected chi connectivity index (χ4v) is 1.85. The molecule has 1 unspecified atom stereocenters. The summed E-state index contributed by atoms with van der Waals surface area (Å²) in [7, 11) is 0. The lowest BCUT2D eigenvalue weighted by molar-refractivity contribution is 0.296. The maximum absolute atomic E-state index is 8.54. The molecule has 0 spiro atoms. The maximum Gasteiger partial charge on any atom is 0.0438 e. The molecule has 12 heavy (non-hydrogen) atoms. The van der Waals surface area contributed by atoms with Gasteiger partial charge in [-0.3, -0.25) is 0 Å². The summed E-state index contributed by atoms with van der Waals surface area (Å²) in [5.41, 5.74) is 0. The Morgan fingerprint density at radius 2 is 2.25 bits per heavy atom. The van der Waals surface area contributed by atoms with Crippen LogP contribution in [0.15, 0.2) is 0 Å². The molecule has 0 saturated carbocycles. The predicted molar refractivity (Wildman–Crippen MR) is 56.8 cm³/mol. The van der Waals surface area contributed by atoms with Crippen LogP contribution in [0.5, 0.6) is 0 Å². The van der Waals surface area contributed by atoms with E-state index in [4.69, 9.17) is 5.11 Å². The van der Waals surface area contributed by atoms with Crippen LogP contribution in [0.3, 0.4) is 0 Å². The van der Waals surface area contributed by atoms with Crippen molar-refractivity contribution in [3.8, 4) is 0 Å². The summed E-state index contributed by atoms with van der Waals surface area (Å²) in [6.45, 7) is 5.83. The monoisotopic (exact) mass is 191 g/mol. The SMILES string of the molecule is CCCNC(C)CSCCCO. The van der Waals surface area contributed by atoms with E-state index in [-0.39, 0.29) is 0 Å². The first-order chi connectivity index (χ1) is 5.81. The molecular formula is C9H21NOS. The molecular weight excluding hydrogens is 170 g/mol. The van der Waals surface area contributed by atoms with Gasteiger partial charge in [-0.25, -0.2) is 0 Å². The van der Waals surface area contributed by atoms with E-state index < -0.39 is 0 Å². The molecule has 74 valence electrons. The van der Waals surface area contributed by atoms with Crippen LogP contribution in [-0.4, -0.2) is 35.8 Å². The second-order valence-corrected chi connectivity index (χ2v) is 4.16. The average molecular weight is 191 g/mol. The first-order valence-corrected chi connectivity index (χ1v) is 5.88. The fourth-order valence-electron chi connectivity index (χ4n) is 0.876. The Morgan fingerprint density at radius 3 is 2.83 bits per heavy atom. The van der Waals surface area contributed by atoms with Crippen molar-refractivity contribution in [3.05, 3.63) is 0 Å². The van der Waals surface area contributed by atoms with Gasteiger partial charge in [-0.1, -0.05) is 6.92 Å². The summed E-state index contributed by atoms with van der Waals surface area (Å²) in [5, 5.41) is 12.0. The Labute approximate surface area is 80.1 Å². The highest BCUT2D eigenvalue weighted by Gasteiger charge is 1.98. The summed E-state index contributed by atoms with van der Waals surface area (Å²) < 4.78 is 0. The van der Waals surface area contributed by atoms with Crippen molar-refractivity contribution >= 4 is 11.8 Å². The predicted octanol–water partition coefficient (Wildman–Crippen LogP) is 1.49. The highest BCUT2D eigenvalue weighted by Crippen LogP contribution is 2.04. The van der Waals surface area contributed by atoms with Gasteiger partial charge in [0.2, 0.25) is 0 Å². The number of hydrogen-bond acceptors (Lipinski definition) is 3. The van der Waals surface area contributed by atoms with Crippen LogP contribution >= 0.6 is 11.8 Å². The van der Waals surface area contributed by atoms with Gasteiger partial charge in [-0.2, -0.15) is 11.8 Å². The van der Waals surface area contributed by atoms with Gasteiger partial charge in [0.1, 0.15) is 0 Å². The zero-order valence-electron chi connectivity index (χ0n) is 8.18. The minimum atomic E-state index is 0.323. The molecule has 2 N–H and O–H groups in total. The van der Waals surface area contributed by atoms with E-state index in [0.29, 0.717) is 12.6 Å². The van der Waals surface area contributed by atoms with E-state index in [1.54, 1.807) is 0 Å². The Hall–Kier alpha value is 0.270. The molecule has 0 aromatic carbocycles. The molecule has 0 aliphatic carbocycles. The quantitative estimate of drug-likeness (QED) is 0.570. The summed E-state index contributed by atoms with van der Waals surface area (Å²) in [6.07, 6.45) is 2.12. The molecule has 0 heterocycles. The molecule has 0 fully saturated rings. The fraction of sp³-hybridized carbons (Fsp3) is 1.00. The summed E-state index contributed by atoms with van der Waals surface area (Å²) >= 11 is 1.91. The Kier molecular flexibility index (Phi) is 9.57. The molecule has 2 nitrogen and oxygen atoms in total. The van der Waals surface area contributed by atoms with Gasteiger partial charge in [0.15, 0.2) is 0 Å². The van der Waals surface area contributed by atoms with Crippen LogP contribution < -0.4 is 5.32 Å². The van der Waals surface area contributed by atoms with E-state index in [9.17, 15) is 0 Å². The third kappa shape index (κ3) is 8.37. The van der Waals surface area contributed by atoms with Gasteiger partial charge in [-0.15, -0.1) is 0 Å². The maximum atomic E-state index is 8.54. The topological polar surface area (TPSA) is 32.3 Å². The normalized spacial score (nSPS) is 13.2. The average Bonchev–Trinajstić information content (AvgIpc) is 2.09. The van der Waals surface area contributed by atoms with Gasteiger partial charge in [-0.05, 0) is 32.1 Å². The lowest BCUT2D eigenvalue weighted by atomic mass is 10.3.